The number of guanidine groups is 1. The van der Waals surface area contributed by atoms with Gasteiger partial charge in [0.1, 0.15) is 6.54 Å². The topological polar surface area (TPSA) is 60.4 Å². The van der Waals surface area contributed by atoms with Crippen LogP contribution in [0.1, 0.15) is 24.0 Å². The Morgan fingerprint density at radius 3 is 2.59 bits per heavy atom. The molecule has 1 aromatic carbocycles. The van der Waals surface area contributed by atoms with Gasteiger partial charge in [0.2, 0.25) is 5.91 Å². The monoisotopic (exact) mass is 401 g/mol. The molecule has 3 rings (SSSR count). The van der Waals surface area contributed by atoms with E-state index in [1.807, 2.05) is 0 Å². The summed E-state index contributed by atoms with van der Waals surface area (Å²) >= 11 is 0. The summed E-state index contributed by atoms with van der Waals surface area (Å²) in [5, 5.41) is 3.46. The van der Waals surface area contributed by atoms with Crippen molar-refractivity contribution >= 4 is 17.6 Å². The van der Waals surface area contributed by atoms with Crippen LogP contribution in [0.15, 0.2) is 23.2 Å². The first-order chi connectivity index (χ1) is 13.9. The fourth-order valence-electron chi connectivity index (χ4n) is 3.66. The minimum absolute atomic E-state index is 0.00943. The first kappa shape index (κ1) is 21.4. The number of amides is 1. The third kappa shape index (κ3) is 5.85. The average Bonchev–Trinajstić information content (AvgIpc) is 3.23. The molecule has 0 radical (unpaired) electrons. The Kier molecular flexibility index (Phi) is 7.36. The number of benzene rings is 1. The van der Waals surface area contributed by atoms with E-state index in [4.69, 9.17) is 4.74 Å². The molecule has 1 unspecified atom stereocenters. The molecule has 2 aliphatic heterocycles. The maximum absolute atomic E-state index is 12.0. The molecule has 2 aliphatic rings. The van der Waals surface area contributed by atoms with Crippen LogP contribution in [-0.2, 0) is 9.53 Å². The summed E-state index contributed by atoms with van der Waals surface area (Å²) in [6.07, 6.45) is 2.44. The lowest BCUT2D eigenvalue weighted by atomic mass is 10.1. The van der Waals surface area contributed by atoms with E-state index >= 15 is 0 Å². The largest absolute Gasteiger partial charge is 0.376 e. The standard InChI is InChI=1S/C22H35N5O2/c1-17-7-8-19(14-18(17)2)26-9-11-27(12-10-26)22(24-16-21(28)25(3)4)23-15-20-6-5-13-29-20/h7-8,14,20H,5-6,9-13,15-16H2,1-4H3,(H,23,24). The van der Waals surface area contributed by atoms with E-state index in [1.54, 1.807) is 19.0 Å². The zero-order valence-electron chi connectivity index (χ0n) is 18.3. The zero-order chi connectivity index (χ0) is 20.8. The second-order valence-corrected chi connectivity index (χ2v) is 8.19. The first-order valence-corrected chi connectivity index (χ1v) is 10.6. The normalized spacial score (nSPS) is 20.1. The maximum atomic E-state index is 12.0. The number of carbonyl (C=O) groups excluding carboxylic acids is 1. The Morgan fingerprint density at radius 1 is 1.21 bits per heavy atom. The number of piperazine rings is 1. The van der Waals surface area contributed by atoms with Crippen LogP contribution in [0, 0.1) is 13.8 Å². The molecule has 2 fully saturated rings. The molecule has 29 heavy (non-hydrogen) atoms. The molecule has 0 aromatic heterocycles. The van der Waals surface area contributed by atoms with Crippen LogP contribution in [0.25, 0.3) is 0 Å². The summed E-state index contributed by atoms with van der Waals surface area (Å²) < 4.78 is 5.73. The van der Waals surface area contributed by atoms with Gasteiger partial charge in [0.15, 0.2) is 5.96 Å². The Hall–Kier alpha value is -2.28. The Balaban J connectivity index is 1.61. The van der Waals surface area contributed by atoms with Gasteiger partial charge in [0.25, 0.3) is 0 Å². The van der Waals surface area contributed by atoms with Gasteiger partial charge in [-0.05, 0) is 49.9 Å². The van der Waals surface area contributed by atoms with E-state index in [0.29, 0.717) is 0 Å². The quantitative estimate of drug-likeness (QED) is 0.600. The molecule has 7 heteroatoms. The average molecular weight is 402 g/mol. The van der Waals surface area contributed by atoms with Crippen LogP contribution in [0.3, 0.4) is 0 Å². The van der Waals surface area contributed by atoms with Crippen LogP contribution in [0.2, 0.25) is 0 Å². The molecule has 7 nitrogen and oxygen atoms in total. The number of nitrogens with one attached hydrogen (secondary N) is 1. The number of nitrogens with zero attached hydrogens (tertiary/aromatic N) is 4. The van der Waals surface area contributed by atoms with Crippen LogP contribution < -0.4 is 10.2 Å². The lowest BCUT2D eigenvalue weighted by Gasteiger charge is -2.38. The van der Waals surface area contributed by atoms with Crippen molar-refractivity contribution in [3.8, 4) is 0 Å². The van der Waals surface area contributed by atoms with Gasteiger partial charge >= 0.3 is 0 Å². The third-order valence-electron chi connectivity index (χ3n) is 5.81. The van der Waals surface area contributed by atoms with Crippen molar-refractivity contribution in [1.82, 2.24) is 15.1 Å². The number of aryl methyl sites for hydroxylation is 2. The van der Waals surface area contributed by atoms with E-state index in [9.17, 15) is 4.79 Å². The molecular formula is C22H35N5O2. The Labute approximate surface area is 174 Å². The van der Waals surface area contributed by atoms with E-state index in [1.165, 1.54) is 16.8 Å². The summed E-state index contributed by atoms with van der Waals surface area (Å²) in [7, 11) is 3.53. The molecule has 1 amide bonds. The summed E-state index contributed by atoms with van der Waals surface area (Å²) in [6, 6.07) is 6.67. The van der Waals surface area contributed by atoms with Gasteiger partial charge in [-0.3, -0.25) is 4.79 Å². The van der Waals surface area contributed by atoms with Gasteiger partial charge < -0.3 is 24.8 Å². The molecule has 1 aromatic rings. The van der Waals surface area contributed by atoms with Crippen molar-refractivity contribution in [3.63, 3.8) is 0 Å². The molecular weight excluding hydrogens is 366 g/mol. The molecule has 2 heterocycles. The number of rotatable bonds is 5. The minimum Gasteiger partial charge on any atom is -0.376 e. The van der Waals surface area contributed by atoms with Crippen LogP contribution in [0.4, 0.5) is 5.69 Å². The maximum Gasteiger partial charge on any atom is 0.243 e. The fraction of sp³-hybridized carbons (Fsp3) is 0.636. The fourth-order valence-corrected chi connectivity index (χ4v) is 3.66. The molecule has 1 atom stereocenters. The molecule has 0 aliphatic carbocycles. The minimum atomic E-state index is 0.00943. The van der Waals surface area contributed by atoms with Crippen molar-refractivity contribution in [2.45, 2.75) is 32.8 Å². The second-order valence-electron chi connectivity index (χ2n) is 8.19. The summed E-state index contributed by atoms with van der Waals surface area (Å²) in [4.78, 5) is 22.9. The van der Waals surface area contributed by atoms with Crippen molar-refractivity contribution in [3.05, 3.63) is 29.3 Å². The Morgan fingerprint density at radius 2 is 1.97 bits per heavy atom. The first-order valence-electron chi connectivity index (χ1n) is 10.6. The number of carbonyl (C=O) groups is 1. The van der Waals surface area contributed by atoms with Gasteiger partial charge in [-0.2, -0.15) is 0 Å². The molecule has 160 valence electrons. The number of anilines is 1. The van der Waals surface area contributed by atoms with E-state index in [0.717, 1.165) is 58.1 Å². The smallest absolute Gasteiger partial charge is 0.243 e. The van der Waals surface area contributed by atoms with Crippen molar-refractivity contribution < 1.29 is 9.53 Å². The number of likely N-dealkylation sites (N-methyl/N-ethyl adjacent to an activating group) is 1. The zero-order valence-corrected chi connectivity index (χ0v) is 18.3. The Bertz CT molecular complexity index is 720. The predicted octanol–water partition coefficient (Wildman–Crippen LogP) is 1.64. The highest BCUT2D eigenvalue weighted by atomic mass is 16.5. The lowest BCUT2D eigenvalue weighted by Crippen LogP contribution is -2.53. The van der Waals surface area contributed by atoms with Gasteiger partial charge in [-0.15, -0.1) is 0 Å². The van der Waals surface area contributed by atoms with Gasteiger partial charge in [-0.1, -0.05) is 6.07 Å². The second kappa shape index (κ2) is 9.96. The molecule has 0 spiro atoms. The number of hydrogen-bond donors (Lipinski definition) is 1. The number of hydrogen-bond acceptors (Lipinski definition) is 4. The molecule has 2 saturated heterocycles. The molecule has 1 N–H and O–H groups in total. The van der Waals surface area contributed by atoms with Crippen LogP contribution >= 0.6 is 0 Å². The van der Waals surface area contributed by atoms with Gasteiger partial charge in [-0.25, -0.2) is 4.99 Å². The van der Waals surface area contributed by atoms with Crippen LogP contribution in [-0.4, -0.2) is 87.7 Å². The molecule has 0 saturated carbocycles. The summed E-state index contributed by atoms with van der Waals surface area (Å²) in [6.45, 7) is 9.68. The third-order valence-corrected chi connectivity index (χ3v) is 5.81. The highest BCUT2D eigenvalue weighted by Gasteiger charge is 2.22. The van der Waals surface area contributed by atoms with Gasteiger partial charge in [0.05, 0.1) is 6.10 Å². The highest BCUT2D eigenvalue weighted by Crippen LogP contribution is 2.20. The SMILES string of the molecule is Cc1ccc(N2CCN(C(=NCC(=O)N(C)C)NCC3CCCO3)CC2)cc1C. The lowest BCUT2D eigenvalue weighted by molar-refractivity contribution is -0.127. The molecule has 0 bridgehead atoms. The van der Waals surface area contributed by atoms with Crippen molar-refractivity contribution in [2.24, 2.45) is 4.99 Å². The van der Waals surface area contributed by atoms with Crippen molar-refractivity contribution in [1.29, 1.82) is 0 Å². The summed E-state index contributed by atoms with van der Waals surface area (Å²) in [5.41, 5.74) is 3.93. The van der Waals surface area contributed by atoms with Crippen molar-refractivity contribution in [2.75, 3.05) is 64.9 Å². The van der Waals surface area contributed by atoms with E-state index < -0.39 is 0 Å². The van der Waals surface area contributed by atoms with Crippen LogP contribution in [0.5, 0.6) is 0 Å². The van der Waals surface area contributed by atoms with E-state index in [2.05, 4.69) is 52.2 Å². The van der Waals surface area contributed by atoms with Gasteiger partial charge in [0, 0.05) is 59.1 Å². The summed E-state index contributed by atoms with van der Waals surface area (Å²) in [5.74, 6) is 0.825. The predicted molar refractivity (Wildman–Crippen MR) is 118 cm³/mol. The van der Waals surface area contributed by atoms with E-state index in [-0.39, 0.29) is 18.6 Å². The highest BCUT2D eigenvalue weighted by molar-refractivity contribution is 5.85. The number of ether oxygens (including phenoxy) is 1. The number of aliphatic imine (C=N–C) groups is 1.